The van der Waals surface area contributed by atoms with E-state index in [0.717, 1.165) is 17.8 Å². The lowest BCUT2D eigenvalue weighted by Crippen LogP contribution is -2.02. The second-order valence-electron chi connectivity index (χ2n) is 4.17. The van der Waals surface area contributed by atoms with E-state index < -0.39 is 0 Å². The number of ether oxygens (including phenoxy) is 1. The lowest BCUT2D eigenvalue weighted by molar-refractivity contribution is 0.329. The maximum Gasteiger partial charge on any atom is 0.239 e. The normalized spacial score (nSPS) is 10.5. The molecule has 0 aliphatic heterocycles. The van der Waals surface area contributed by atoms with Gasteiger partial charge in [0.1, 0.15) is 5.82 Å². The van der Waals surface area contributed by atoms with E-state index in [9.17, 15) is 0 Å². The first-order valence-corrected chi connectivity index (χ1v) is 6.32. The Balaban J connectivity index is 2.25. The minimum Gasteiger partial charge on any atom is -0.476 e. The van der Waals surface area contributed by atoms with Crippen molar-refractivity contribution in [1.82, 2.24) is 14.8 Å². The van der Waals surface area contributed by atoms with Crippen LogP contribution in [0.2, 0.25) is 0 Å². The van der Waals surface area contributed by atoms with Gasteiger partial charge in [0.25, 0.3) is 0 Å². The highest BCUT2D eigenvalue weighted by molar-refractivity contribution is 5.61. The van der Waals surface area contributed by atoms with E-state index in [1.807, 2.05) is 26.2 Å². The average molecular weight is 261 g/mol. The molecule has 6 nitrogen and oxygen atoms in total. The van der Waals surface area contributed by atoms with Gasteiger partial charge in [-0.2, -0.15) is 10.1 Å². The van der Waals surface area contributed by atoms with Crippen molar-refractivity contribution < 1.29 is 4.74 Å². The highest BCUT2D eigenvalue weighted by atomic mass is 16.5. The number of nitrogen functional groups attached to an aromatic ring is 1. The molecule has 0 aliphatic carbocycles. The quantitative estimate of drug-likeness (QED) is 0.861. The van der Waals surface area contributed by atoms with Crippen LogP contribution in [0.3, 0.4) is 0 Å². The monoisotopic (exact) mass is 261 g/mol. The zero-order valence-electron chi connectivity index (χ0n) is 11.5. The van der Waals surface area contributed by atoms with E-state index in [4.69, 9.17) is 10.5 Å². The third-order valence-electron chi connectivity index (χ3n) is 2.67. The van der Waals surface area contributed by atoms with Gasteiger partial charge in [-0.25, -0.2) is 0 Å². The number of hydrogen-bond acceptors (Lipinski definition) is 5. The number of aromatic nitrogens is 3. The van der Waals surface area contributed by atoms with Crippen molar-refractivity contribution in [3.63, 3.8) is 0 Å². The van der Waals surface area contributed by atoms with Crippen LogP contribution in [0.4, 0.5) is 17.2 Å². The molecule has 6 heteroatoms. The summed E-state index contributed by atoms with van der Waals surface area (Å²) < 4.78 is 7.16. The Morgan fingerprint density at radius 2 is 2.16 bits per heavy atom. The van der Waals surface area contributed by atoms with Gasteiger partial charge in [0.2, 0.25) is 5.88 Å². The SMILES string of the molecule is CCOc1nc(Nc2cn(C)nc2CC)ccc1N. The van der Waals surface area contributed by atoms with E-state index in [1.54, 1.807) is 10.7 Å². The lowest BCUT2D eigenvalue weighted by Gasteiger charge is -2.09. The van der Waals surface area contributed by atoms with E-state index in [0.29, 0.717) is 24.0 Å². The first-order chi connectivity index (χ1) is 9.13. The summed E-state index contributed by atoms with van der Waals surface area (Å²) in [5.74, 6) is 1.15. The minimum atomic E-state index is 0.453. The predicted molar refractivity (Wildman–Crippen MR) is 75.7 cm³/mol. The van der Waals surface area contributed by atoms with Crippen LogP contribution in [0.25, 0.3) is 0 Å². The molecule has 0 atom stereocenters. The molecule has 0 saturated heterocycles. The van der Waals surface area contributed by atoms with Crippen LogP contribution in [0, 0.1) is 0 Å². The van der Waals surface area contributed by atoms with Crippen molar-refractivity contribution in [3.05, 3.63) is 24.0 Å². The zero-order chi connectivity index (χ0) is 13.8. The van der Waals surface area contributed by atoms with Crippen molar-refractivity contribution in [1.29, 1.82) is 0 Å². The van der Waals surface area contributed by atoms with Crippen molar-refractivity contribution >= 4 is 17.2 Å². The number of rotatable bonds is 5. The van der Waals surface area contributed by atoms with Crippen LogP contribution in [0.1, 0.15) is 19.5 Å². The zero-order valence-corrected chi connectivity index (χ0v) is 11.5. The summed E-state index contributed by atoms with van der Waals surface area (Å²) in [6.07, 6.45) is 2.79. The standard InChI is InChI=1S/C13H19N5O/c1-4-10-11(8-18(3)17-10)15-12-7-6-9(14)13(16-12)19-5-2/h6-8H,4-5,14H2,1-3H3,(H,15,16). The van der Waals surface area contributed by atoms with Gasteiger partial charge in [-0.05, 0) is 25.5 Å². The van der Waals surface area contributed by atoms with Gasteiger partial charge in [-0.3, -0.25) is 4.68 Å². The Bertz CT molecular complexity index is 564. The minimum absolute atomic E-state index is 0.453. The molecule has 2 rings (SSSR count). The lowest BCUT2D eigenvalue weighted by atomic mass is 10.3. The van der Waals surface area contributed by atoms with Crippen molar-refractivity contribution in [2.24, 2.45) is 7.05 Å². The first kappa shape index (κ1) is 13.2. The molecule has 2 aromatic rings. The molecule has 0 aliphatic rings. The molecule has 0 bridgehead atoms. The molecular weight excluding hydrogens is 242 g/mol. The second kappa shape index (κ2) is 5.60. The molecule has 3 N–H and O–H groups in total. The maximum absolute atomic E-state index is 5.80. The predicted octanol–water partition coefficient (Wildman–Crippen LogP) is 2.10. The number of nitrogens with two attached hydrogens (primary N) is 1. The van der Waals surface area contributed by atoms with Crippen LogP contribution in [-0.4, -0.2) is 21.4 Å². The van der Waals surface area contributed by atoms with Gasteiger partial charge in [-0.1, -0.05) is 6.92 Å². The van der Waals surface area contributed by atoms with Crippen molar-refractivity contribution in [2.45, 2.75) is 20.3 Å². The number of pyridine rings is 1. The molecule has 2 aromatic heterocycles. The average Bonchev–Trinajstić information content (AvgIpc) is 2.74. The Morgan fingerprint density at radius 3 is 2.84 bits per heavy atom. The van der Waals surface area contributed by atoms with Crippen LogP contribution >= 0.6 is 0 Å². The van der Waals surface area contributed by atoms with Crippen LogP contribution in [0.15, 0.2) is 18.3 Å². The molecule has 19 heavy (non-hydrogen) atoms. The van der Waals surface area contributed by atoms with Gasteiger partial charge in [0.15, 0.2) is 0 Å². The number of hydrogen-bond donors (Lipinski definition) is 2. The van der Waals surface area contributed by atoms with Crippen LogP contribution in [-0.2, 0) is 13.5 Å². The summed E-state index contributed by atoms with van der Waals surface area (Å²) >= 11 is 0. The third kappa shape index (κ3) is 2.96. The Hall–Kier alpha value is -2.24. The molecule has 0 fully saturated rings. The molecule has 2 heterocycles. The maximum atomic E-state index is 5.80. The third-order valence-corrected chi connectivity index (χ3v) is 2.67. The van der Waals surface area contributed by atoms with Crippen molar-refractivity contribution in [2.75, 3.05) is 17.7 Å². The summed E-state index contributed by atoms with van der Waals surface area (Å²) in [6, 6.07) is 3.60. The fourth-order valence-electron chi connectivity index (χ4n) is 1.81. The van der Waals surface area contributed by atoms with Gasteiger partial charge < -0.3 is 15.8 Å². The Kier molecular flexibility index (Phi) is 3.89. The largest absolute Gasteiger partial charge is 0.476 e. The molecule has 0 spiro atoms. The molecular formula is C13H19N5O. The van der Waals surface area contributed by atoms with Crippen molar-refractivity contribution in [3.8, 4) is 5.88 Å². The Morgan fingerprint density at radius 1 is 1.37 bits per heavy atom. The summed E-state index contributed by atoms with van der Waals surface area (Å²) in [5.41, 5.74) is 8.28. The van der Waals surface area contributed by atoms with E-state index in [2.05, 4.69) is 22.3 Å². The fraction of sp³-hybridized carbons (Fsp3) is 0.385. The first-order valence-electron chi connectivity index (χ1n) is 6.32. The molecule has 0 saturated carbocycles. The molecule has 102 valence electrons. The van der Waals surface area contributed by atoms with Crippen LogP contribution in [0.5, 0.6) is 5.88 Å². The van der Waals surface area contributed by atoms with Gasteiger partial charge in [-0.15, -0.1) is 0 Å². The summed E-state index contributed by atoms with van der Waals surface area (Å²) in [4.78, 5) is 4.35. The topological polar surface area (TPSA) is 78.0 Å². The number of nitrogens with one attached hydrogen (secondary N) is 1. The summed E-state index contributed by atoms with van der Waals surface area (Å²) in [6.45, 7) is 4.50. The summed E-state index contributed by atoms with van der Waals surface area (Å²) in [7, 11) is 1.90. The van der Waals surface area contributed by atoms with Gasteiger partial charge >= 0.3 is 0 Å². The molecule has 0 aromatic carbocycles. The van der Waals surface area contributed by atoms with Crippen LogP contribution < -0.4 is 15.8 Å². The fourth-order valence-corrected chi connectivity index (χ4v) is 1.81. The van der Waals surface area contributed by atoms with E-state index in [-0.39, 0.29) is 0 Å². The molecule has 0 radical (unpaired) electrons. The highest BCUT2D eigenvalue weighted by Gasteiger charge is 2.08. The highest BCUT2D eigenvalue weighted by Crippen LogP contribution is 2.24. The number of nitrogens with zero attached hydrogens (tertiary/aromatic N) is 3. The smallest absolute Gasteiger partial charge is 0.239 e. The Labute approximate surface area is 112 Å². The number of aryl methyl sites for hydroxylation is 2. The van der Waals surface area contributed by atoms with Gasteiger partial charge in [0.05, 0.1) is 23.7 Å². The van der Waals surface area contributed by atoms with Gasteiger partial charge in [0, 0.05) is 13.2 Å². The van der Waals surface area contributed by atoms with E-state index in [1.165, 1.54) is 0 Å². The summed E-state index contributed by atoms with van der Waals surface area (Å²) in [5, 5.41) is 7.61. The molecule has 0 amide bonds. The number of anilines is 3. The molecule has 0 unspecified atom stereocenters. The van der Waals surface area contributed by atoms with E-state index >= 15 is 0 Å². The second-order valence-corrected chi connectivity index (χ2v) is 4.17.